The minimum absolute atomic E-state index is 0.300. The van der Waals surface area contributed by atoms with Crippen molar-refractivity contribution < 1.29 is 13.2 Å². The average Bonchev–Trinajstić information content (AvgIpc) is 2.02. The Morgan fingerprint density at radius 3 is 2.36 bits per heavy atom. The maximum absolute atomic E-state index is 11.4. The molecule has 0 atom stereocenters. The van der Waals surface area contributed by atoms with Gasteiger partial charge in [0.15, 0.2) is 9.84 Å². The summed E-state index contributed by atoms with van der Waals surface area (Å²) in [5, 5.41) is 2.47. The van der Waals surface area contributed by atoms with Crippen LogP contribution in [0.4, 0.5) is 0 Å². The molecule has 0 aromatic heterocycles. The molecule has 0 fully saturated rings. The molecule has 0 aliphatic heterocycles. The second-order valence-corrected chi connectivity index (χ2v) is 6.06. The summed E-state index contributed by atoms with van der Waals surface area (Å²) in [6.45, 7) is 3.04. The molecule has 0 radical (unpaired) electrons. The summed E-state index contributed by atoms with van der Waals surface area (Å²) in [6.07, 6.45) is 6.42. The summed E-state index contributed by atoms with van der Waals surface area (Å²) in [4.78, 5) is 11.4. The van der Waals surface area contributed by atoms with Crippen LogP contribution < -0.4 is 5.32 Å². The fraction of sp³-hybridized carbons (Fsp3) is 0.667. The molecule has 0 saturated carbocycles. The molecule has 0 aliphatic rings. The number of carbonyl (C=O) groups excluding carboxylic acids is 1. The number of hydrogen-bond acceptors (Lipinski definition) is 3. The third kappa shape index (κ3) is 3.04. The Kier molecular flexibility index (Phi) is 4.14. The molecule has 0 rings (SSSR count). The highest BCUT2D eigenvalue weighted by Gasteiger charge is 2.37. The van der Waals surface area contributed by atoms with Crippen LogP contribution in [0, 0.1) is 12.3 Å². The average molecular weight is 217 g/mol. The molecule has 4 nitrogen and oxygen atoms in total. The van der Waals surface area contributed by atoms with E-state index < -0.39 is 20.5 Å². The van der Waals surface area contributed by atoms with Gasteiger partial charge in [-0.3, -0.25) is 4.79 Å². The Hall–Kier alpha value is -1.02. The highest BCUT2D eigenvalue weighted by molar-refractivity contribution is 7.92. The number of sulfone groups is 1. The normalized spacial score (nSPS) is 11.9. The van der Waals surface area contributed by atoms with Gasteiger partial charge in [0.25, 0.3) is 0 Å². The molecule has 0 aliphatic carbocycles. The lowest BCUT2D eigenvalue weighted by molar-refractivity contribution is -0.122. The molecule has 80 valence electrons. The predicted molar refractivity (Wildman–Crippen MR) is 55.4 cm³/mol. The van der Waals surface area contributed by atoms with Crippen molar-refractivity contribution in [2.75, 3.05) is 12.8 Å². The minimum atomic E-state index is -3.40. The molecule has 0 unspecified atom stereocenters. The van der Waals surface area contributed by atoms with Gasteiger partial charge in [-0.05, 0) is 13.8 Å². The van der Waals surface area contributed by atoms with Gasteiger partial charge in [0.2, 0.25) is 5.91 Å². The third-order valence-electron chi connectivity index (χ3n) is 2.03. The molecule has 1 N–H and O–H groups in total. The zero-order valence-electron chi connectivity index (χ0n) is 8.62. The lowest BCUT2D eigenvalue weighted by Gasteiger charge is -2.20. The minimum Gasteiger partial charge on any atom is -0.354 e. The molecule has 0 aromatic carbocycles. The van der Waals surface area contributed by atoms with Crippen molar-refractivity contribution in [3.8, 4) is 12.3 Å². The third-order valence-corrected chi connectivity index (χ3v) is 4.07. The highest BCUT2D eigenvalue weighted by Crippen LogP contribution is 2.14. The summed E-state index contributed by atoms with van der Waals surface area (Å²) in [7, 11) is -3.40. The van der Waals surface area contributed by atoms with Crippen molar-refractivity contribution >= 4 is 15.7 Å². The van der Waals surface area contributed by atoms with Crippen LogP contribution >= 0.6 is 0 Å². The van der Waals surface area contributed by atoms with Crippen molar-refractivity contribution in [3.05, 3.63) is 0 Å². The van der Waals surface area contributed by atoms with E-state index in [0.29, 0.717) is 13.0 Å². The van der Waals surface area contributed by atoms with Gasteiger partial charge >= 0.3 is 0 Å². The zero-order chi connectivity index (χ0) is 11.4. The maximum Gasteiger partial charge on any atom is 0.240 e. The summed E-state index contributed by atoms with van der Waals surface area (Å²) >= 11 is 0. The molecule has 0 saturated heterocycles. The quantitative estimate of drug-likeness (QED) is 0.530. The van der Waals surface area contributed by atoms with Crippen LogP contribution in [0.15, 0.2) is 0 Å². The van der Waals surface area contributed by atoms with E-state index in [2.05, 4.69) is 11.2 Å². The van der Waals surface area contributed by atoms with E-state index in [1.165, 1.54) is 13.8 Å². The van der Waals surface area contributed by atoms with E-state index in [9.17, 15) is 13.2 Å². The van der Waals surface area contributed by atoms with Crippen molar-refractivity contribution in [1.29, 1.82) is 0 Å². The molecule has 5 heteroatoms. The number of amides is 1. The van der Waals surface area contributed by atoms with Gasteiger partial charge in [0.05, 0.1) is 0 Å². The summed E-state index contributed by atoms with van der Waals surface area (Å²) < 4.78 is 21.1. The second-order valence-electron chi connectivity index (χ2n) is 3.49. The van der Waals surface area contributed by atoms with Gasteiger partial charge < -0.3 is 5.32 Å². The fourth-order valence-corrected chi connectivity index (χ4v) is 1.04. The standard InChI is InChI=1S/C9H15NO3S/c1-5-6-7-10-8(11)9(2,3)14(4,12)13/h1H,6-7H2,2-4H3,(H,10,11). The molecule has 0 aromatic rings. The zero-order valence-corrected chi connectivity index (χ0v) is 9.44. The number of rotatable bonds is 4. The number of carbonyl (C=O) groups is 1. The first kappa shape index (κ1) is 13.0. The van der Waals surface area contributed by atoms with E-state index >= 15 is 0 Å². The monoisotopic (exact) mass is 217 g/mol. The summed E-state index contributed by atoms with van der Waals surface area (Å²) in [5.41, 5.74) is 0. The van der Waals surface area contributed by atoms with Crippen molar-refractivity contribution in [2.45, 2.75) is 25.0 Å². The van der Waals surface area contributed by atoms with Crippen LogP contribution in [0.2, 0.25) is 0 Å². The fourth-order valence-electron chi connectivity index (χ4n) is 0.629. The van der Waals surface area contributed by atoms with Gasteiger partial charge in [-0.25, -0.2) is 8.42 Å². The Labute approximate surface area is 85.0 Å². The first-order valence-corrected chi connectivity index (χ1v) is 6.04. The molecule has 0 bridgehead atoms. The van der Waals surface area contributed by atoms with E-state index in [1.807, 2.05) is 0 Å². The largest absolute Gasteiger partial charge is 0.354 e. The van der Waals surface area contributed by atoms with Crippen molar-refractivity contribution in [1.82, 2.24) is 5.32 Å². The van der Waals surface area contributed by atoms with Crippen LogP contribution in [0.25, 0.3) is 0 Å². The lowest BCUT2D eigenvalue weighted by atomic mass is 10.2. The number of terminal acetylenes is 1. The lowest BCUT2D eigenvalue weighted by Crippen LogP contribution is -2.47. The van der Waals surface area contributed by atoms with Crippen LogP contribution in [-0.2, 0) is 14.6 Å². The topological polar surface area (TPSA) is 63.2 Å². The molecule has 0 spiro atoms. The first-order chi connectivity index (χ1) is 6.23. The molecule has 0 heterocycles. The van der Waals surface area contributed by atoms with Gasteiger partial charge in [0.1, 0.15) is 4.75 Å². The Morgan fingerprint density at radius 1 is 1.50 bits per heavy atom. The Morgan fingerprint density at radius 2 is 2.00 bits per heavy atom. The van der Waals surface area contributed by atoms with Crippen LogP contribution in [-0.4, -0.2) is 31.9 Å². The van der Waals surface area contributed by atoms with Gasteiger partial charge in [-0.2, -0.15) is 0 Å². The molecular formula is C9H15NO3S. The number of hydrogen-bond donors (Lipinski definition) is 1. The molecule has 14 heavy (non-hydrogen) atoms. The van der Waals surface area contributed by atoms with Crippen molar-refractivity contribution in [2.24, 2.45) is 0 Å². The van der Waals surface area contributed by atoms with E-state index in [-0.39, 0.29) is 0 Å². The Balaban J connectivity index is 4.48. The SMILES string of the molecule is C#CCCNC(=O)C(C)(C)S(C)(=O)=O. The molecule has 1 amide bonds. The van der Waals surface area contributed by atoms with Gasteiger partial charge in [-0.15, -0.1) is 12.3 Å². The van der Waals surface area contributed by atoms with E-state index in [1.54, 1.807) is 0 Å². The Bertz CT molecular complexity index is 349. The van der Waals surface area contributed by atoms with Crippen LogP contribution in [0.1, 0.15) is 20.3 Å². The smallest absolute Gasteiger partial charge is 0.240 e. The van der Waals surface area contributed by atoms with E-state index in [4.69, 9.17) is 6.42 Å². The summed E-state index contributed by atoms with van der Waals surface area (Å²) in [5.74, 6) is 1.83. The van der Waals surface area contributed by atoms with Gasteiger partial charge in [0, 0.05) is 19.2 Å². The maximum atomic E-state index is 11.4. The number of nitrogens with one attached hydrogen (secondary N) is 1. The van der Waals surface area contributed by atoms with Crippen LogP contribution in [0.5, 0.6) is 0 Å². The molecular weight excluding hydrogens is 202 g/mol. The first-order valence-electron chi connectivity index (χ1n) is 4.15. The summed E-state index contributed by atoms with van der Waals surface area (Å²) in [6, 6.07) is 0. The predicted octanol–water partition coefficient (Wildman–Crippen LogP) is -0.0509. The van der Waals surface area contributed by atoms with Crippen molar-refractivity contribution in [3.63, 3.8) is 0 Å². The highest BCUT2D eigenvalue weighted by atomic mass is 32.2. The van der Waals surface area contributed by atoms with Gasteiger partial charge in [-0.1, -0.05) is 0 Å². The van der Waals surface area contributed by atoms with Crippen LogP contribution in [0.3, 0.4) is 0 Å². The van der Waals surface area contributed by atoms with E-state index in [0.717, 1.165) is 6.26 Å². The second kappa shape index (κ2) is 4.47.